The van der Waals surface area contributed by atoms with Crippen LogP contribution in [-0.4, -0.2) is 31.1 Å². The van der Waals surface area contributed by atoms with Crippen LogP contribution < -0.4 is 5.32 Å². The molecule has 1 heterocycles. The highest BCUT2D eigenvalue weighted by atomic mass is 19.4. The first-order valence-electron chi connectivity index (χ1n) is 6.37. The number of hydrogen-bond acceptors (Lipinski definition) is 2. The number of benzene rings is 1. The van der Waals surface area contributed by atoms with Gasteiger partial charge < -0.3 is 5.32 Å². The smallest absolute Gasteiger partial charge is 0.314 e. The van der Waals surface area contributed by atoms with E-state index in [1.807, 2.05) is 4.90 Å². The topological polar surface area (TPSA) is 15.3 Å². The van der Waals surface area contributed by atoms with E-state index in [2.05, 4.69) is 11.9 Å². The second-order valence-electron chi connectivity index (χ2n) is 4.74. The Morgan fingerprint density at radius 3 is 2.40 bits per heavy atom. The summed E-state index contributed by atoms with van der Waals surface area (Å²) in [6.07, 6.45) is -2.99. The Morgan fingerprint density at radius 2 is 1.85 bits per heavy atom. The lowest BCUT2D eigenvalue weighted by atomic mass is 10.0. The maximum atomic E-state index is 13.5. The highest BCUT2D eigenvalue weighted by molar-refractivity contribution is 5.31. The third-order valence-electron chi connectivity index (χ3n) is 3.36. The number of nitrogens with one attached hydrogen (secondary N) is 1. The van der Waals surface area contributed by atoms with Gasteiger partial charge in [0.2, 0.25) is 0 Å². The summed E-state index contributed by atoms with van der Waals surface area (Å²) in [6, 6.07) is 2.25. The van der Waals surface area contributed by atoms with Gasteiger partial charge in [0, 0.05) is 26.2 Å². The normalized spacial score (nSPS) is 18.8. The van der Waals surface area contributed by atoms with Gasteiger partial charge in [-0.2, -0.15) is 13.2 Å². The first kappa shape index (κ1) is 15.0. The molecule has 1 saturated heterocycles. The van der Waals surface area contributed by atoms with Crippen LogP contribution in [0.2, 0.25) is 0 Å². The molecule has 2 rings (SSSR count). The van der Waals surface area contributed by atoms with Crippen LogP contribution in [0.4, 0.5) is 17.6 Å². The molecular weight excluding hydrogens is 272 g/mol. The molecule has 1 N–H and O–H groups in total. The predicted molar refractivity (Wildman–Crippen MR) is 68.8 cm³/mol. The van der Waals surface area contributed by atoms with Crippen molar-refractivity contribution in [2.45, 2.75) is 12.2 Å². The van der Waals surface area contributed by atoms with E-state index in [-0.39, 0.29) is 5.56 Å². The molecule has 0 bridgehead atoms. The molecule has 6 heteroatoms. The number of nitrogens with zero attached hydrogens (tertiary/aromatic N) is 1. The third-order valence-corrected chi connectivity index (χ3v) is 3.36. The zero-order chi connectivity index (χ0) is 14.8. The van der Waals surface area contributed by atoms with E-state index >= 15 is 0 Å². The Balaban J connectivity index is 2.33. The monoisotopic (exact) mass is 288 g/mol. The molecule has 0 aromatic heterocycles. The summed E-state index contributed by atoms with van der Waals surface area (Å²) in [5.74, 6) is -0.878. The summed E-state index contributed by atoms with van der Waals surface area (Å²) in [4.78, 5) is 1.98. The molecular formula is C14H16F4N2. The van der Waals surface area contributed by atoms with E-state index in [9.17, 15) is 17.6 Å². The van der Waals surface area contributed by atoms with Crippen LogP contribution in [0.25, 0.3) is 0 Å². The standard InChI is InChI=1S/C14H16F4N2/c1-2-13(20-5-3-19-4-6-20)10-7-11(14(16,17)18)9-12(15)8-10/h2,7-9,13,19H,1,3-6H2/t13-/m0/s1. The summed E-state index contributed by atoms with van der Waals surface area (Å²) in [5, 5.41) is 3.16. The minimum absolute atomic E-state index is 0.286. The van der Waals surface area contributed by atoms with Gasteiger partial charge in [-0.1, -0.05) is 6.08 Å². The number of alkyl halides is 3. The van der Waals surface area contributed by atoms with Gasteiger partial charge in [-0.15, -0.1) is 6.58 Å². The molecule has 0 aliphatic carbocycles. The lowest BCUT2D eigenvalue weighted by Crippen LogP contribution is -2.44. The first-order valence-corrected chi connectivity index (χ1v) is 6.37. The Hall–Kier alpha value is -1.40. The Labute approximate surface area is 115 Å². The van der Waals surface area contributed by atoms with Gasteiger partial charge in [0.1, 0.15) is 5.82 Å². The Bertz CT molecular complexity index is 479. The Kier molecular flexibility index (Phi) is 4.45. The average molecular weight is 288 g/mol. The predicted octanol–water partition coefficient (Wildman–Crippen LogP) is 2.98. The van der Waals surface area contributed by atoms with Crippen molar-refractivity contribution in [2.24, 2.45) is 0 Å². The van der Waals surface area contributed by atoms with Crippen molar-refractivity contribution in [2.75, 3.05) is 26.2 Å². The molecule has 110 valence electrons. The van der Waals surface area contributed by atoms with Crippen molar-refractivity contribution in [3.63, 3.8) is 0 Å². The fraction of sp³-hybridized carbons (Fsp3) is 0.429. The lowest BCUT2D eigenvalue weighted by molar-refractivity contribution is -0.137. The number of rotatable bonds is 3. The fourth-order valence-corrected chi connectivity index (χ4v) is 2.40. The van der Waals surface area contributed by atoms with Crippen LogP contribution in [0.1, 0.15) is 17.2 Å². The quantitative estimate of drug-likeness (QED) is 0.679. The molecule has 0 amide bonds. The second-order valence-corrected chi connectivity index (χ2v) is 4.74. The molecule has 0 spiro atoms. The maximum Gasteiger partial charge on any atom is 0.416 e. The van der Waals surface area contributed by atoms with Crippen LogP contribution >= 0.6 is 0 Å². The molecule has 0 unspecified atom stereocenters. The van der Waals surface area contributed by atoms with E-state index in [4.69, 9.17) is 0 Å². The number of piperazine rings is 1. The van der Waals surface area contributed by atoms with Crippen LogP contribution in [0, 0.1) is 5.82 Å². The SMILES string of the molecule is C=C[C@@H](c1cc(F)cc(C(F)(F)F)c1)N1CCNCC1. The van der Waals surface area contributed by atoms with Crippen molar-refractivity contribution >= 4 is 0 Å². The lowest BCUT2D eigenvalue weighted by Gasteiger charge is -2.33. The van der Waals surface area contributed by atoms with E-state index in [0.29, 0.717) is 19.2 Å². The minimum atomic E-state index is -4.55. The van der Waals surface area contributed by atoms with Crippen LogP contribution in [0.3, 0.4) is 0 Å². The fourth-order valence-electron chi connectivity index (χ4n) is 2.40. The highest BCUT2D eigenvalue weighted by Crippen LogP contribution is 2.33. The molecule has 1 aliphatic heterocycles. The van der Waals surface area contributed by atoms with Gasteiger partial charge in [0.05, 0.1) is 11.6 Å². The molecule has 1 fully saturated rings. The van der Waals surface area contributed by atoms with Crippen LogP contribution in [0.5, 0.6) is 0 Å². The van der Waals surface area contributed by atoms with Crippen molar-refractivity contribution < 1.29 is 17.6 Å². The second kappa shape index (κ2) is 5.93. The summed E-state index contributed by atoms with van der Waals surface area (Å²) >= 11 is 0. The third kappa shape index (κ3) is 3.37. The zero-order valence-corrected chi connectivity index (χ0v) is 10.9. The minimum Gasteiger partial charge on any atom is -0.314 e. The zero-order valence-electron chi connectivity index (χ0n) is 10.9. The molecule has 1 aromatic carbocycles. The van der Waals surface area contributed by atoms with E-state index in [1.54, 1.807) is 6.08 Å². The van der Waals surface area contributed by atoms with Gasteiger partial charge >= 0.3 is 6.18 Å². The molecule has 2 nitrogen and oxygen atoms in total. The highest BCUT2D eigenvalue weighted by Gasteiger charge is 2.32. The van der Waals surface area contributed by atoms with Crippen LogP contribution in [-0.2, 0) is 6.18 Å². The molecule has 0 radical (unpaired) electrons. The van der Waals surface area contributed by atoms with Crippen LogP contribution in [0.15, 0.2) is 30.9 Å². The summed E-state index contributed by atoms with van der Waals surface area (Å²) in [5.41, 5.74) is -0.677. The Morgan fingerprint density at radius 1 is 1.20 bits per heavy atom. The van der Waals surface area contributed by atoms with Crippen molar-refractivity contribution in [1.29, 1.82) is 0 Å². The van der Waals surface area contributed by atoms with Crippen molar-refractivity contribution in [1.82, 2.24) is 10.2 Å². The summed E-state index contributed by atoms with van der Waals surface area (Å²) in [7, 11) is 0. The van der Waals surface area contributed by atoms with Gasteiger partial charge in [-0.3, -0.25) is 4.90 Å². The summed E-state index contributed by atoms with van der Waals surface area (Å²) in [6.45, 7) is 6.56. The molecule has 1 aliphatic rings. The van der Waals surface area contributed by atoms with Gasteiger partial charge in [-0.05, 0) is 23.8 Å². The van der Waals surface area contributed by atoms with Crippen molar-refractivity contribution in [3.8, 4) is 0 Å². The van der Waals surface area contributed by atoms with E-state index in [0.717, 1.165) is 25.2 Å². The molecule has 0 saturated carbocycles. The number of hydrogen-bond donors (Lipinski definition) is 1. The molecule has 20 heavy (non-hydrogen) atoms. The van der Waals surface area contributed by atoms with Gasteiger partial charge in [0.15, 0.2) is 0 Å². The first-order chi connectivity index (χ1) is 9.41. The summed E-state index contributed by atoms with van der Waals surface area (Å²) < 4.78 is 51.7. The van der Waals surface area contributed by atoms with Gasteiger partial charge in [-0.25, -0.2) is 4.39 Å². The van der Waals surface area contributed by atoms with Gasteiger partial charge in [0.25, 0.3) is 0 Å². The maximum absolute atomic E-state index is 13.5. The van der Waals surface area contributed by atoms with E-state index < -0.39 is 23.6 Å². The molecule has 1 aromatic rings. The van der Waals surface area contributed by atoms with Crippen molar-refractivity contribution in [3.05, 3.63) is 47.8 Å². The van der Waals surface area contributed by atoms with E-state index in [1.165, 1.54) is 0 Å². The average Bonchev–Trinajstić information content (AvgIpc) is 2.39. The molecule has 1 atom stereocenters. The largest absolute Gasteiger partial charge is 0.416 e. The number of halogens is 4.